The molecule has 0 atom stereocenters. The molecule has 1 aromatic heterocycles. The van der Waals surface area contributed by atoms with Gasteiger partial charge in [-0.1, -0.05) is 0 Å². The Balaban J connectivity index is 2.51. The van der Waals surface area contributed by atoms with Gasteiger partial charge in [-0.15, -0.1) is 0 Å². The Morgan fingerprint density at radius 2 is 2.20 bits per heavy atom. The standard InChI is InChI=1S/C9H6N2O4/c12-5-10-9-4-6-3-7(11(13)14)1-2-8(6)15-9/h1-5H,(H,10,12). The van der Waals surface area contributed by atoms with Crippen molar-refractivity contribution in [1.82, 2.24) is 0 Å². The Labute approximate surface area is 83.6 Å². The second-order valence-corrected chi connectivity index (χ2v) is 2.85. The number of fused-ring (bicyclic) bond motifs is 1. The Kier molecular flexibility index (Phi) is 2.09. The smallest absolute Gasteiger partial charge is 0.270 e. The fraction of sp³-hybridized carbons (Fsp3) is 0. The number of carbonyl (C=O) groups is 1. The van der Waals surface area contributed by atoms with Gasteiger partial charge in [0.15, 0.2) is 0 Å². The maximum Gasteiger partial charge on any atom is 0.270 e. The molecule has 0 saturated heterocycles. The van der Waals surface area contributed by atoms with Gasteiger partial charge < -0.3 is 4.42 Å². The Hall–Kier alpha value is -2.37. The van der Waals surface area contributed by atoms with E-state index in [1.165, 1.54) is 24.3 Å². The Morgan fingerprint density at radius 1 is 1.40 bits per heavy atom. The number of furan rings is 1. The van der Waals surface area contributed by atoms with Gasteiger partial charge in [0.05, 0.1) is 4.92 Å². The van der Waals surface area contributed by atoms with Crippen LogP contribution >= 0.6 is 0 Å². The van der Waals surface area contributed by atoms with Gasteiger partial charge in [0, 0.05) is 23.6 Å². The summed E-state index contributed by atoms with van der Waals surface area (Å²) in [5.41, 5.74) is 0.478. The summed E-state index contributed by atoms with van der Waals surface area (Å²) in [6.07, 6.45) is 0.478. The largest absolute Gasteiger partial charge is 0.440 e. The molecule has 1 amide bonds. The van der Waals surface area contributed by atoms with Crippen LogP contribution in [-0.4, -0.2) is 11.3 Å². The van der Waals surface area contributed by atoms with Crippen LogP contribution in [0.4, 0.5) is 11.6 Å². The highest BCUT2D eigenvalue weighted by atomic mass is 16.6. The quantitative estimate of drug-likeness (QED) is 0.472. The molecule has 1 N–H and O–H groups in total. The van der Waals surface area contributed by atoms with Crippen molar-refractivity contribution in [3.8, 4) is 0 Å². The van der Waals surface area contributed by atoms with Gasteiger partial charge in [0.2, 0.25) is 12.3 Å². The zero-order chi connectivity index (χ0) is 10.8. The normalized spacial score (nSPS) is 10.1. The van der Waals surface area contributed by atoms with Crippen LogP contribution in [0.5, 0.6) is 0 Å². The molecule has 0 aliphatic rings. The molecule has 15 heavy (non-hydrogen) atoms. The highest BCUT2D eigenvalue weighted by molar-refractivity contribution is 5.85. The molecule has 0 fully saturated rings. The first-order chi connectivity index (χ1) is 7.20. The van der Waals surface area contributed by atoms with E-state index in [1.807, 2.05) is 0 Å². The molecule has 76 valence electrons. The lowest BCUT2D eigenvalue weighted by molar-refractivity contribution is -0.384. The van der Waals surface area contributed by atoms with Crippen LogP contribution in [0.15, 0.2) is 28.7 Å². The summed E-state index contributed by atoms with van der Waals surface area (Å²) in [5.74, 6) is 0.264. The fourth-order valence-corrected chi connectivity index (χ4v) is 1.27. The molecule has 0 bridgehead atoms. The predicted molar refractivity (Wildman–Crippen MR) is 52.6 cm³/mol. The number of non-ortho nitro benzene ring substituents is 1. The molecule has 0 spiro atoms. The van der Waals surface area contributed by atoms with Gasteiger partial charge in [-0.25, -0.2) is 0 Å². The van der Waals surface area contributed by atoms with Crippen molar-refractivity contribution in [2.75, 3.05) is 5.32 Å². The maximum atomic E-state index is 10.5. The topological polar surface area (TPSA) is 85.4 Å². The van der Waals surface area contributed by atoms with E-state index in [1.54, 1.807) is 0 Å². The molecule has 0 saturated carbocycles. The van der Waals surface area contributed by atoms with E-state index >= 15 is 0 Å². The summed E-state index contributed by atoms with van der Waals surface area (Å²) >= 11 is 0. The molecular weight excluding hydrogens is 200 g/mol. The van der Waals surface area contributed by atoms with Crippen LogP contribution in [0, 0.1) is 10.1 Å². The number of nitro benzene ring substituents is 1. The summed E-state index contributed by atoms with van der Waals surface area (Å²) in [6.45, 7) is 0. The van der Waals surface area contributed by atoms with Gasteiger partial charge >= 0.3 is 0 Å². The monoisotopic (exact) mass is 206 g/mol. The fourth-order valence-electron chi connectivity index (χ4n) is 1.27. The number of nitrogens with zero attached hydrogens (tertiary/aromatic N) is 1. The summed E-state index contributed by atoms with van der Waals surface area (Å²) in [5, 5.41) is 13.4. The zero-order valence-corrected chi connectivity index (χ0v) is 7.47. The van der Waals surface area contributed by atoms with Crippen LogP contribution in [0.25, 0.3) is 11.0 Å². The predicted octanol–water partition coefficient (Wildman–Crippen LogP) is 1.91. The van der Waals surface area contributed by atoms with Gasteiger partial charge in [-0.3, -0.25) is 20.2 Å². The third-order valence-corrected chi connectivity index (χ3v) is 1.91. The molecule has 6 nitrogen and oxygen atoms in total. The number of nitro groups is 1. The minimum Gasteiger partial charge on any atom is -0.440 e. The van der Waals surface area contributed by atoms with Crippen molar-refractivity contribution in [1.29, 1.82) is 0 Å². The number of amides is 1. The number of rotatable bonds is 3. The van der Waals surface area contributed by atoms with E-state index in [0.717, 1.165) is 0 Å². The molecule has 2 aromatic rings. The third-order valence-electron chi connectivity index (χ3n) is 1.91. The number of nitrogens with one attached hydrogen (secondary N) is 1. The summed E-state index contributed by atoms with van der Waals surface area (Å²) in [6, 6.07) is 5.74. The van der Waals surface area contributed by atoms with E-state index in [2.05, 4.69) is 5.32 Å². The highest BCUT2D eigenvalue weighted by Crippen LogP contribution is 2.26. The molecular formula is C9H6N2O4. The lowest BCUT2D eigenvalue weighted by Gasteiger charge is -1.89. The van der Waals surface area contributed by atoms with Gasteiger partial charge in [-0.05, 0) is 6.07 Å². The van der Waals surface area contributed by atoms with Crippen molar-refractivity contribution < 1.29 is 14.1 Å². The van der Waals surface area contributed by atoms with Crippen molar-refractivity contribution in [2.45, 2.75) is 0 Å². The van der Waals surface area contributed by atoms with Crippen molar-refractivity contribution in [2.24, 2.45) is 0 Å². The maximum absolute atomic E-state index is 10.5. The lowest BCUT2D eigenvalue weighted by Crippen LogP contribution is -1.89. The van der Waals surface area contributed by atoms with Crippen LogP contribution in [0.1, 0.15) is 0 Å². The molecule has 0 radical (unpaired) electrons. The molecule has 1 aromatic carbocycles. The number of carbonyl (C=O) groups excluding carboxylic acids is 1. The summed E-state index contributed by atoms with van der Waals surface area (Å²) < 4.78 is 5.18. The van der Waals surface area contributed by atoms with Crippen LogP contribution in [0.2, 0.25) is 0 Å². The van der Waals surface area contributed by atoms with Crippen LogP contribution in [-0.2, 0) is 4.79 Å². The van der Waals surface area contributed by atoms with Crippen molar-refractivity contribution in [3.05, 3.63) is 34.4 Å². The van der Waals surface area contributed by atoms with E-state index in [9.17, 15) is 14.9 Å². The van der Waals surface area contributed by atoms with Crippen molar-refractivity contribution >= 4 is 29.0 Å². The average Bonchev–Trinajstić information content (AvgIpc) is 2.59. The van der Waals surface area contributed by atoms with Crippen LogP contribution in [0.3, 0.4) is 0 Å². The molecule has 2 rings (SSSR count). The van der Waals surface area contributed by atoms with Gasteiger partial charge in [-0.2, -0.15) is 0 Å². The number of benzene rings is 1. The Bertz CT molecular complexity index is 532. The SMILES string of the molecule is O=CNc1cc2cc([N+](=O)[O-])ccc2o1. The summed E-state index contributed by atoms with van der Waals surface area (Å²) in [7, 11) is 0. The molecule has 6 heteroatoms. The second-order valence-electron chi connectivity index (χ2n) is 2.85. The van der Waals surface area contributed by atoms with E-state index in [4.69, 9.17) is 4.42 Å². The number of anilines is 1. The van der Waals surface area contributed by atoms with Crippen LogP contribution < -0.4 is 5.32 Å². The van der Waals surface area contributed by atoms with Gasteiger partial charge in [0.1, 0.15) is 5.58 Å². The first kappa shape index (κ1) is 9.20. The number of hydrogen-bond acceptors (Lipinski definition) is 4. The molecule has 1 heterocycles. The Morgan fingerprint density at radius 3 is 2.87 bits per heavy atom. The lowest BCUT2D eigenvalue weighted by atomic mass is 10.2. The minimum absolute atomic E-state index is 0.0130. The molecule has 0 unspecified atom stereocenters. The first-order valence-electron chi connectivity index (χ1n) is 4.09. The molecule has 0 aliphatic heterocycles. The zero-order valence-electron chi connectivity index (χ0n) is 7.47. The van der Waals surface area contributed by atoms with Crippen molar-refractivity contribution in [3.63, 3.8) is 0 Å². The van der Waals surface area contributed by atoms with E-state index in [0.29, 0.717) is 17.4 Å². The average molecular weight is 206 g/mol. The number of hydrogen-bond donors (Lipinski definition) is 1. The molecule has 0 aliphatic carbocycles. The first-order valence-corrected chi connectivity index (χ1v) is 4.09. The third kappa shape index (κ3) is 1.64. The second kappa shape index (κ2) is 3.41. The summed E-state index contributed by atoms with van der Waals surface area (Å²) in [4.78, 5) is 20.1. The van der Waals surface area contributed by atoms with E-state index in [-0.39, 0.29) is 11.6 Å². The highest BCUT2D eigenvalue weighted by Gasteiger charge is 2.09. The van der Waals surface area contributed by atoms with E-state index < -0.39 is 4.92 Å². The minimum atomic E-state index is -0.487. The van der Waals surface area contributed by atoms with Gasteiger partial charge in [0.25, 0.3) is 5.69 Å².